The summed E-state index contributed by atoms with van der Waals surface area (Å²) in [4.78, 5) is 0.0576. The van der Waals surface area contributed by atoms with Crippen LogP contribution in [0.2, 0.25) is 0 Å². The van der Waals surface area contributed by atoms with Crippen molar-refractivity contribution in [3.05, 3.63) is 28.5 Å². The van der Waals surface area contributed by atoms with E-state index in [0.29, 0.717) is 6.54 Å². The van der Waals surface area contributed by atoms with Crippen molar-refractivity contribution in [3.8, 4) is 0 Å². The van der Waals surface area contributed by atoms with Crippen LogP contribution in [0.15, 0.2) is 27.6 Å². The fourth-order valence-corrected chi connectivity index (χ4v) is 3.38. The van der Waals surface area contributed by atoms with Crippen molar-refractivity contribution in [2.45, 2.75) is 25.2 Å². The molecule has 1 aromatic rings. The second-order valence-electron chi connectivity index (χ2n) is 3.94. The molecule has 0 radical (unpaired) electrons. The van der Waals surface area contributed by atoms with Crippen LogP contribution in [0, 0.1) is 11.7 Å². The van der Waals surface area contributed by atoms with Crippen LogP contribution in [0.1, 0.15) is 20.3 Å². The van der Waals surface area contributed by atoms with E-state index in [1.165, 1.54) is 6.07 Å². The lowest BCUT2D eigenvalue weighted by Crippen LogP contribution is -2.28. The summed E-state index contributed by atoms with van der Waals surface area (Å²) in [7, 11) is -3.58. The fourth-order valence-electron chi connectivity index (χ4n) is 1.17. The van der Waals surface area contributed by atoms with Crippen LogP contribution in [-0.4, -0.2) is 15.0 Å². The van der Waals surface area contributed by atoms with Crippen LogP contribution >= 0.6 is 15.9 Å². The summed E-state index contributed by atoms with van der Waals surface area (Å²) in [5.74, 6) is -0.207. The van der Waals surface area contributed by atoms with Gasteiger partial charge in [0.15, 0.2) is 0 Å². The molecule has 0 fully saturated rings. The molecule has 96 valence electrons. The highest BCUT2D eigenvalue weighted by molar-refractivity contribution is 9.10. The van der Waals surface area contributed by atoms with E-state index >= 15 is 0 Å². The molecule has 0 saturated heterocycles. The van der Waals surface area contributed by atoms with E-state index in [-0.39, 0.29) is 15.3 Å². The van der Waals surface area contributed by atoms with Gasteiger partial charge in [0.1, 0.15) is 5.82 Å². The Labute approximate surface area is 110 Å². The summed E-state index contributed by atoms with van der Waals surface area (Å²) >= 11 is 3.05. The molecule has 0 aromatic heterocycles. The number of halogens is 2. The standard InChI is InChI=1S/C11H15BrFNO2S/c1-3-8(2)7-14-17(15,16)11-5-4-9(13)6-10(11)12/h4-6,8,14H,3,7H2,1-2H3. The molecule has 1 N–H and O–H groups in total. The molecule has 0 heterocycles. The monoisotopic (exact) mass is 323 g/mol. The van der Waals surface area contributed by atoms with Gasteiger partial charge in [0.2, 0.25) is 10.0 Å². The first-order valence-corrected chi connectivity index (χ1v) is 7.59. The molecule has 1 atom stereocenters. The van der Waals surface area contributed by atoms with Crippen LogP contribution in [0.5, 0.6) is 0 Å². The van der Waals surface area contributed by atoms with Crippen LogP contribution in [-0.2, 0) is 10.0 Å². The lowest BCUT2D eigenvalue weighted by Gasteiger charge is -2.11. The SMILES string of the molecule is CCC(C)CNS(=O)(=O)c1ccc(F)cc1Br. The molecule has 1 unspecified atom stereocenters. The molecule has 6 heteroatoms. The van der Waals surface area contributed by atoms with Crippen LogP contribution in [0.4, 0.5) is 4.39 Å². The van der Waals surface area contributed by atoms with Gasteiger partial charge in [0.25, 0.3) is 0 Å². The van der Waals surface area contributed by atoms with Gasteiger partial charge in [-0.1, -0.05) is 20.3 Å². The average molecular weight is 324 g/mol. The lowest BCUT2D eigenvalue weighted by molar-refractivity contribution is 0.528. The fraction of sp³-hybridized carbons (Fsp3) is 0.455. The first-order chi connectivity index (χ1) is 7.86. The summed E-state index contributed by atoms with van der Waals surface area (Å²) in [5, 5.41) is 0. The average Bonchev–Trinajstić information content (AvgIpc) is 2.25. The Balaban J connectivity index is 2.90. The highest BCUT2D eigenvalue weighted by Gasteiger charge is 2.18. The molecular formula is C11H15BrFNO2S. The Hall–Kier alpha value is -0.460. The first kappa shape index (κ1) is 14.6. The third-order valence-electron chi connectivity index (χ3n) is 2.50. The van der Waals surface area contributed by atoms with E-state index in [4.69, 9.17) is 0 Å². The van der Waals surface area contributed by atoms with Gasteiger partial charge in [0, 0.05) is 11.0 Å². The molecule has 0 bridgehead atoms. The van der Waals surface area contributed by atoms with Gasteiger partial charge in [-0.05, 0) is 40.0 Å². The second-order valence-corrected chi connectivity index (χ2v) is 6.53. The van der Waals surface area contributed by atoms with Gasteiger partial charge in [0.05, 0.1) is 4.90 Å². The van der Waals surface area contributed by atoms with E-state index in [2.05, 4.69) is 20.7 Å². The van der Waals surface area contributed by atoms with Crippen molar-refractivity contribution in [2.24, 2.45) is 5.92 Å². The Bertz CT molecular complexity index is 490. The van der Waals surface area contributed by atoms with E-state index < -0.39 is 15.8 Å². The highest BCUT2D eigenvalue weighted by Crippen LogP contribution is 2.22. The number of rotatable bonds is 5. The zero-order valence-corrected chi connectivity index (χ0v) is 12.1. The van der Waals surface area contributed by atoms with Crippen molar-refractivity contribution in [2.75, 3.05) is 6.54 Å². The minimum absolute atomic E-state index is 0.0576. The van der Waals surface area contributed by atoms with Crippen molar-refractivity contribution in [1.82, 2.24) is 4.72 Å². The maximum absolute atomic E-state index is 12.9. The molecule has 0 aliphatic rings. The quantitative estimate of drug-likeness (QED) is 0.905. The normalized spacial score (nSPS) is 13.6. The number of nitrogens with one attached hydrogen (secondary N) is 1. The predicted molar refractivity (Wildman–Crippen MR) is 68.7 cm³/mol. The number of hydrogen-bond acceptors (Lipinski definition) is 2. The van der Waals surface area contributed by atoms with Crippen molar-refractivity contribution < 1.29 is 12.8 Å². The molecular weight excluding hydrogens is 309 g/mol. The van der Waals surface area contributed by atoms with E-state index in [9.17, 15) is 12.8 Å². The molecule has 3 nitrogen and oxygen atoms in total. The smallest absolute Gasteiger partial charge is 0.211 e. The van der Waals surface area contributed by atoms with Gasteiger partial charge in [-0.15, -0.1) is 0 Å². The number of sulfonamides is 1. The predicted octanol–water partition coefficient (Wildman–Crippen LogP) is 2.91. The van der Waals surface area contributed by atoms with Gasteiger partial charge in [-0.25, -0.2) is 17.5 Å². The molecule has 0 saturated carbocycles. The zero-order chi connectivity index (χ0) is 13.1. The van der Waals surface area contributed by atoms with Crippen LogP contribution in [0.3, 0.4) is 0 Å². The van der Waals surface area contributed by atoms with Crippen LogP contribution in [0.25, 0.3) is 0 Å². The summed E-state index contributed by atoms with van der Waals surface area (Å²) < 4.78 is 39.4. The number of hydrogen-bond donors (Lipinski definition) is 1. The molecule has 0 spiro atoms. The molecule has 1 aromatic carbocycles. The maximum atomic E-state index is 12.9. The van der Waals surface area contributed by atoms with Crippen molar-refractivity contribution >= 4 is 26.0 Å². The molecule has 0 amide bonds. The Morgan fingerprint density at radius 3 is 2.65 bits per heavy atom. The Kier molecular flexibility index (Phi) is 5.09. The minimum Gasteiger partial charge on any atom is -0.211 e. The van der Waals surface area contributed by atoms with Crippen molar-refractivity contribution in [3.63, 3.8) is 0 Å². The Morgan fingerprint density at radius 2 is 2.12 bits per heavy atom. The van der Waals surface area contributed by atoms with Gasteiger partial charge in [-0.3, -0.25) is 0 Å². The van der Waals surface area contributed by atoms with Gasteiger partial charge < -0.3 is 0 Å². The zero-order valence-electron chi connectivity index (χ0n) is 9.70. The minimum atomic E-state index is -3.58. The molecule has 1 rings (SSSR count). The largest absolute Gasteiger partial charge is 0.241 e. The molecule has 17 heavy (non-hydrogen) atoms. The summed E-state index contributed by atoms with van der Waals surface area (Å²) in [6, 6.07) is 3.51. The molecule has 0 aliphatic carbocycles. The maximum Gasteiger partial charge on any atom is 0.241 e. The second kappa shape index (κ2) is 5.93. The third kappa shape index (κ3) is 4.04. The summed E-state index contributed by atoms with van der Waals surface area (Å²) in [6.45, 7) is 4.33. The highest BCUT2D eigenvalue weighted by atomic mass is 79.9. The van der Waals surface area contributed by atoms with E-state index in [1.807, 2.05) is 13.8 Å². The van der Waals surface area contributed by atoms with Gasteiger partial charge in [-0.2, -0.15) is 0 Å². The number of benzene rings is 1. The summed E-state index contributed by atoms with van der Waals surface area (Å²) in [5.41, 5.74) is 0. The lowest BCUT2D eigenvalue weighted by atomic mass is 10.1. The van der Waals surface area contributed by atoms with Gasteiger partial charge >= 0.3 is 0 Å². The van der Waals surface area contributed by atoms with Crippen molar-refractivity contribution in [1.29, 1.82) is 0 Å². The first-order valence-electron chi connectivity index (χ1n) is 5.31. The third-order valence-corrected chi connectivity index (χ3v) is 4.90. The van der Waals surface area contributed by atoms with E-state index in [1.54, 1.807) is 0 Å². The summed E-state index contributed by atoms with van der Waals surface area (Å²) in [6.07, 6.45) is 0.896. The van der Waals surface area contributed by atoms with E-state index in [0.717, 1.165) is 18.6 Å². The Morgan fingerprint density at radius 1 is 1.47 bits per heavy atom. The molecule has 0 aliphatic heterocycles. The topological polar surface area (TPSA) is 46.2 Å². The van der Waals surface area contributed by atoms with Crippen LogP contribution < -0.4 is 4.72 Å².